The van der Waals surface area contributed by atoms with Gasteiger partial charge in [0.25, 0.3) is 0 Å². The molecule has 4 heterocycles. The lowest BCUT2D eigenvalue weighted by Crippen LogP contribution is -2.66. The molecule has 0 radical (unpaired) electrons. The van der Waals surface area contributed by atoms with Gasteiger partial charge in [0.05, 0.1) is 18.3 Å². The summed E-state index contributed by atoms with van der Waals surface area (Å²) in [6, 6.07) is 19.9. The molecule has 4 aliphatic rings. The zero-order valence-corrected chi connectivity index (χ0v) is 37.5. The monoisotopic (exact) mass is 864 g/mol. The Morgan fingerprint density at radius 1 is 0.413 bits per heavy atom. The number of nitrogens with one attached hydrogen (secondary N) is 3. The Morgan fingerprint density at radius 3 is 0.857 bits per heavy atom. The smallest absolute Gasteiger partial charge is 0.248 e. The lowest BCUT2D eigenvalue weighted by Gasteiger charge is -2.40. The van der Waals surface area contributed by atoms with Crippen LogP contribution in [0.25, 0.3) is 0 Å². The van der Waals surface area contributed by atoms with Crippen LogP contribution in [0.5, 0.6) is 0 Å². The van der Waals surface area contributed by atoms with E-state index in [4.69, 9.17) is 14.2 Å². The molecule has 3 aromatic rings. The molecule has 4 fully saturated rings. The molecule has 0 aromatic heterocycles. The standard InChI is InChI=1S/C48H60N6O9/c1-28-37-40(55)49-35(26-32-21-15-11-16-22-32)44(59)53-39(30(3)62-47(53,6)7)42(57)51-36(27-33-23-17-12-18-24-33)45(60)54-38(29(2)63-48(54,8)9)41(56)50-34(25-31-19-13-10-14-20-31)43(58)52(37)46(4,5)61-28/h10-24,28-30,34-39H,25-27H2,1-9H3,(H,49,55)(H,50,56)(H,51,57)/t28-,29-,30-,34-,35-,36-,37-,38-,39-/m0/s1. The van der Waals surface area contributed by atoms with Gasteiger partial charge in [0.2, 0.25) is 35.4 Å². The average molecular weight is 865 g/mol. The lowest BCUT2D eigenvalue weighted by atomic mass is 9.98. The quantitative estimate of drug-likeness (QED) is 0.336. The summed E-state index contributed by atoms with van der Waals surface area (Å²) in [5.41, 5.74) is -1.85. The van der Waals surface area contributed by atoms with Crippen molar-refractivity contribution in [2.75, 3.05) is 0 Å². The van der Waals surface area contributed by atoms with E-state index in [0.717, 1.165) is 16.7 Å². The number of carbonyl (C=O) groups excluding carboxylic acids is 6. The van der Waals surface area contributed by atoms with E-state index in [-0.39, 0.29) is 19.3 Å². The molecule has 0 aliphatic carbocycles. The van der Waals surface area contributed by atoms with E-state index in [1.807, 2.05) is 91.0 Å². The molecular weight excluding hydrogens is 805 g/mol. The second-order valence-corrected chi connectivity index (χ2v) is 18.5. The molecule has 336 valence electrons. The highest BCUT2D eigenvalue weighted by Gasteiger charge is 2.58. The molecule has 3 aromatic carbocycles. The number of hydrogen-bond donors (Lipinski definition) is 3. The van der Waals surface area contributed by atoms with Crippen molar-refractivity contribution in [2.24, 2.45) is 0 Å². The molecule has 0 unspecified atom stereocenters. The van der Waals surface area contributed by atoms with Crippen molar-refractivity contribution >= 4 is 35.4 Å². The minimum absolute atomic E-state index is 0.0332. The first-order valence-corrected chi connectivity index (χ1v) is 21.8. The van der Waals surface area contributed by atoms with Gasteiger partial charge in [-0.25, -0.2) is 0 Å². The first-order chi connectivity index (χ1) is 29.7. The maximum absolute atomic E-state index is 15.2. The highest BCUT2D eigenvalue weighted by Crippen LogP contribution is 2.37. The van der Waals surface area contributed by atoms with Crippen LogP contribution in [0.3, 0.4) is 0 Å². The van der Waals surface area contributed by atoms with Crippen LogP contribution in [-0.4, -0.2) is 122 Å². The number of nitrogens with zero attached hydrogens (tertiary/aromatic N) is 3. The summed E-state index contributed by atoms with van der Waals surface area (Å²) < 4.78 is 19.0. The molecule has 7 rings (SSSR count). The van der Waals surface area contributed by atoms with Crippen molar-refractivity contribution in [2.45, 2.75) is 153 Å². The minimum atomic E-state index is -1.35. The van der Waals surface area contributed by atoms with E-state index in [9.17, 15) is 14.4 Å². The molecule has 6 amide bonds. The van der Waals surface area contributed by atoms with Crippen molar-refractivity contribution in [3.8, 4) is 0 Å². The lowest BCUT2D eigenvalue weighted by molar-refractivity contribution is -0.157. The van der Waals surface area contributed by atoms with Crippen LogP contribution in [0.15, 0.2) is 91.0 Å². The largest absolute Gasteiger partial charge is 0.350 e. The zero-order valence-electron chi connectivity index (χ0n) is 37.5. The summed E-state index contributed by atoms with van der Waals surface area (Å²) in [4.78, 5) is 94.4. The summed E-state index contributed by atoms with van der Waals surface area (Å²) in [6.45, 7) is 15.1. The summed E-state index contributed by atoms with van der Waals surface area (Å²) in [5.74, 6) is -3.78. The Balaban J connectivity index is 1.39. The molecule has 63 heavy (non-hydrogen) atoms. The third kappa shape index (κ3) is 9.09. The summed E-state index contributed by atoms with van der Waals surface area (Å²) >= 11 is 0. The van der Waals surface area contributed by atoms with Crippen molar-refractivity contribution < 1.29 is 43.0 Å². The van der Waals surface area contributed by atoms with Gasteiger partial charge in [-0.05, 0) is 79.0 Å². The summed E-state index contributed by atoms with van der Waals surface area (Å²) in [6.07, 6.45) is -2.45. The van der Waals surface area contributed by atoms with Crippen LogP contribution >= 0.6 is 0 Å². The molecule has 0 spiro atoms. The number of ether oxygens (including phenoxy) is 3. The first kappa shape index (κ1) is 45.4. The predicted molar refractivity (Wildman–Crippen MR) is 232 cm³/mol. The van der Waals surface area contributed by atoms with Crippen LogP contribution in [0.4, 0.5) is 0 Å². The predicted octanol–water partition coefficient (Wildman–Crippen LogP) is 3.24. The number of benzene rings is 3. The van der Waals surface area contributed by atoms with E-state index in [2.05, 4.69) is 16.0 Å². The number of carbonyl (C=O) groups is 6. The van der Waals surface area contributed by atoms with Crippen LogP contribution in [0, 0.1) is 0 Å². The van der Waals surface area contributed by atoms with Gasteiger partial charge in [-0.2, -0.15) is 0 Å². The molecule has 0 bridgehead atoms. The Labute approximate surface area is 369 Å². The van der Waals surface area contributed by atoms with E-state index >= 15 is 14.4 Å². The number of amides is 6. The van der Waals surface area contributed by atoms with Gasteiger partial charge in [-0.15, -0.1) is 0 Å². The van der Waals surface area contributed by atoms with Crippen molar-refractivity contribution in [3.05, 3.63) is 108 Å². The normalized spacial score (nSPS) is 31.0. The van der Waals surface area contributed by atoms with Crippen molar-refractivity contribution in [3.63, 3.8) is 0 Å². The molecule has 4 aliphatic heterocycles. The van der Waals surface area contributed by atoms with Gasteiger partial charge >= 0.3 is 0 Å². The van der Waals surface area contributed by atoms with Gasteiger partial charge < -0.3 is 30.2 Å². The Kier molecular flexibility index (Phi) is 12.6. The van der Waals surface area contributed by atoms with E-state index in [0.29, 0.717) is 0 Å². The van der Waals surface area contributed by atoms with Gasteiger partial charge in [-0.3, -0.25) is 43.5 Å². The van der Waals surface area contributed by atoms with E-state index in [1.54, 1.807) is 62.3 Å². The van der Waals surface area contributed by atoms with Gasteiger partial charge in [-0.1, -0.05) is 91.0 Å². The zero-order chi connectivity index (χ0) is 45.6. The van der Waals surface area contributed by atoms with E-state index < -0.39 is 107 Å². The third-order valence-electron chi connectivity index (χ3n) is 12.5. The molecule has 4 saturated heterocycles. The maximum atomic E-state index is 15.2. The number of fused-ring (bicyclic) bond motifs is 3. The molecule has 9 atom stereocenters. The van der Waals surface area contributed by atoms with Crippen LogP contribution in [0.1, 0.15) is 79.0 Å². The van der Waals surface area contributed by atoms with Gasteiger partial charge in [0.15, 0.2) is 0 Å². The van der Waals surface area contributed by atoms with E-state index in [1.165, 1.54) is 14.7 Å². The van der Waals surface area contributed by atoms with Gasteiger partial charge in [0.1, 0.15) is 53.4 Å². The Morgan fingerprint density at radius 2 is 0.635 bits per heavy atom. The Bertz CT molecular complexity index is 1960. The molecule has 0 saturated carbocycles. The fourth-order valence-corrected chi connectivity index (χ4v) is 9.99. The van der Waals surface area contributed by atoms with Crippen molar-refractivity contribution in [1.29, 1.82) is 0 Å². The van der Waals surface area contributed by atoms with Crippen LogP contribution in [0.2, 0.25) is 0 Å². The minimum Gasteiger partial charge on any atom is -0.350 e. The van der Waals surface area contributed by atoms with Crippen molar-refractivity contribution in [1.82, 2.24) is 30.7 Å². The fourth-order valence-electron chi connectivity index (χ4n) is 9.99. The second-order valence-electron chi connectivity index (χ2n) is 18.5. The molecule has 15 heteroatoms. The average Bonchev–Trinajstić information content (AvgIpc) is 3.73. The SMILES string of the molecule is C[C@@H]1OC(C)(C)N2C(=O)[C@H](Cc3ccccc3)NC(=O)[C@@H]3[C@H](C)OC(C)(C)N3C(=O)[C@H](Cc3ccccc3)NC(=O)[C@@H]3[C@H](C)OC(C)(C)N3C(=O)[C@H](Cc3ccccc3)NC(=O)[C@H]12. The molecule has 15 nitrogen and oxygen atoms in total. The highest BCUT2D eigenvalue weighted by molar-refractivity contribution is 6.00. The number of hydrogen-bond acceptors (Lipinski definition) is 9. The topological polar surface area (TPSA) is 176 Å². The second kappa shape index (κ2) is 17.5. The number of rotatable bonds is 6. The van der Waals surface area contributed by atoms with Crippen LogP contribution in [-0.2, 0) is 62.2 Å². The first-order valence-electron chi connectivity index (χ1n) is 21.8. The third-order valence-corrected chi connectivity index (χ3v) is 12.5. The molecular formula is C48H60N6O9. The maximum Gasteiger partial charge on any atom is 0.248 e. The Hall–Kier alpha value is -5.64. The van der Waals surface area contributed by atoms with Gasteiger partial charge in [0, 0.05) is 19.3 Å². The summed E-state index contributed by atoms with van der Waals surface area (Å²) in [7, 11) is 0. The summed E-state index contributed by atoms with van der Waals surface area (Å²) in [5, 5.41) is 8.91. The molecule has 3 N–H and O–H groups in total. The van der Waals surface area contributed by atoms with Crippen LogP contribution < -0.4 is 16.0 Å². The fraction of sp³-hybridized carbons (Fsp3) is 0.500. The highest BCUT2D eigenvalue weighted by atomic mass is 16.6.